The molecular formula is C33H44N2O7. The summed E-state index contributed by atoms with van der Waals surface area (Å²) >= 11 is 0. The van der Waals surface area contributed by atoms with E-state index in [4.69, 9.17) is 19.3 Å². The van der Waals surface area contributed by atoms with Crippen molar-refractivity contribution in [1.29, 1.82) is 0 Å². The van der Waals surface area contributed by atoms with Gasteiger partial charge in [0.2, 0.25) is 11.7 Å². The van der Waals surface area contributed by atoms with Crippen molar-refractivity contribution in [2.75, 3.05) is 26.8 Å². The Hall–Kier alpha value is -3.43. The maximum absolute atomic E-state index is 13.2. The minimum Gasteiger partial charge on any atom is -0.460 e. The highest BCUT2D eigenvalue weighted by molar-refractivity contribution is 6.06. The van der Waals surface area contributed by atoms with Crippen molar-refractivity contribution in [3.8, 4) is 5.75 Å². The van der Waals surface area contributed by atoms with Crippen LogP contribution in [0.15, 0.2) is 54.3 Å². The Bertz CT molecular complexity index is 1280. The second-order valence-corrected chi connectivity index (χ2v) is 12.5. The van der Waals surface area contributed by atoms with Crippen LogP contribution < -0.4 is 15.4 Å². The number of aliphatic hydroxyl groups is 1. The highest BCUT2D eigenvalue weighted by Gasteiger charge is 2.57. The third-order valence-corrected chi connectivity index (χ3v) is 8.47. The molecule has 228 valence electrons. The lowest BCUT2D eigenvalue weighted by atomic mass is 9.58. The van der Waals surface area contributed by atoms with Crippen LogP contribution in [0.2, 0.25) is 0 Å². The molecule has 0 aromatic heterocycles. The number of rotatable bonds is 12. The number of carbonyl (C=O) groups is 3. The summed E-state index contributed by atoms with van der Waals surface area (Å²) in [7, 11) is 1.61. The zero-order valence-electron chi connectivity index (χ0n) is 25.3. The SMILES string of the molecule is C=C(CCCC1C=C2C(=O)C=C[C@@]3(OC)Oc4ccc(COC(=O)C(C)(C)C)cc4[C@@H]([C@@H]1C)[C@@H]23)NCC(=O)NCCO. The Labute approximate surface area is 248 Å². The molecule has 1 heterocycles. The molecule has 5 atom stereocenters. The van der Waals surface area contributed by atoms with E-state index in [1.165, 1.54) is 0 Å². The fraction of sp³-hybridized carbons (Fsp3) is 0.545. The minimum atomic E-state index is -1.08. The zero-order chi connectivity index (χ0) is 30.7. The van der Waals surface area contributed by atoms with E-state index in [1.54, 1.807) is 19.3 Å². The molecule has 3 aliphatic rings. The molecule has 4 rings (SSSR count). The first kappa shape index (κ1) is 31.5. The number of ketones is 1. The van der Waals surface area contributed by atoms with Crippen LogP contribution in [-0.2, 0) is 30.5 Å². The van der Waals surface area contributed by atoms with Crippen LogP contribution in [0, 0.1) is 23.2 Å². The molecule has 0 bridgehead atoms. The molecule has 42 heavy (non-hydrogen) atoms. The average molecular weight is 581 g/mol. The maximum Gasteiger partial charge on any atom is 0.311 e. The summed E-state index contributed by atoms with van der Waals surface area (Å²) in [6.07, 6.45) is 7.74. The predicted octanol–water partition coefficient (Wildman–Crippen LogP) is 3.92. The number of allylic oxidation sites excluding steroid dienone is 3. The molecule has 2 aliphatic carbocycles. The second-order valence-electron chi connectivity index (χ2n) is 12.5. The van der Waals surface area contributed by atoms with Gasteiger partial charge in [-0.15, -0.1) is 0 Å². The number of hydrogen-bond donors (Lipinski definition) is 3. The Balaban J connectivity index is 1.54. The lowest BCUT2D eigenvalue weighted by molar-refractivity contribution is -0.179. The number of benzene rings is 1. The molecule has 9 nitrogen and oxygen atoms in total. The van der Waals surface area contributed by atoms with E-state index in [0.29, 0.717) is 17.7 Å². The number of esters is 1. The first-order valence-corrected chi connectivity index (χ1v) is 14.7. The summed E-state index contributed by atoms with van der Waals surface area (Å²) < 4.78 is 18.1. The maximum atomic E-state index is 13.2. The number of amides is 1. The summed E-state index contributed by atoms with van der Waals surface area (Å²) in [5.74, 6) is -0.945. The van der Waals surface area contributed by atoms with E-state index < -0.39 is 11.2 Å². The van der Waals surface area contributed by atoms with Gasteiger partial charge in [0.15, 0.2) is 5.78 Å². The monoisotopic (exact) mass is 580 g/mol. The topological polar surface area (TPSA) is 123 Å². The van der Waals surface area contributed by atoms with Crippen molar-refractivity contribution in [3.63, 3.8) is 0 Å². The summed E-state index contributed by atoms with van der Waals surface area (Å²) in [4.78, 5) is 37.4. The van der Waals surface area contributed by atoms with E-state index in [2.05, 4.69) is 30.2 Å². The third-order valence-electron chi connectivity index (χ3n) is 8.47. The molecule has 9 heteroatoms. The van der Waals surface area contributed by atoms with Crippen LogP contribution in [0.5, 0.6) is 5.75 Å². The van der Waals surface area contributed by atoms with Gasteiger partial charge in [-0.3, -0.25) is 14.4 Å². The lowest BCUT2D eigenvalue weighted by Gasteiger charge is -2.53. The number of methoxy groups -OCH3 is 1. The van der Waals surface area contributed by atoms with E-state index in [-0.39, 0.29) is 67.6 Å². The van der Waals surface area contributed by atoms with Crippen LogP contribution in [0.1, 0.15) is 64.0 Å². The van der Waals surface area contributed by atoms with Crippen molar-refractivity contribution >= 4 is 17.7 Å². The van der Waals surface area contributed by atoms with Gasteiger partial charge in [0, 0.05) is 30.8 Å². The summed E-state index contributed by atoms with van der Waals surface area (Å²) in [6, 6.07) is 5.85. The normalized spacial score (nSPS) is 25.9. The lowest BCUT2D eigenvalue weighted by Crippen LogP contribution is -2.56. The van der Waals surface area contributed by atoms with Crippen LogP contribution >= 0.6 is 0 Å². The van der Waals surface area contributed by atoms with E-state index in [0.717, 1.165) is 29.7 Å². The smallest absolute Gasteiger partial charge is 0.311 e. The van der Waals surface area contributed by atoms with Gasteiger partial charge in [0.25, 0.3) is 0 Å². The number of carbonyl (C=O) groups excluding carboxylic acids is 3. The number of hydrogen-bond acceptors (Lipinski definition) is 8. The third kappa shape index (κ3) is 6.63. The number of nitrogens with one attached hydrogen (secondary N) is 2. The van der Waals surface area contributed by atoms with Crippen molar-refractivity contribution in [1.82, 2.24) is 10.6 Å². The fourth-order valence-corrected chi connectivity index (χ4v) is 6.17. The number of ether oxygens (including phenoxy) is 3. The molecule has 1 aromatic carbocycles. The Morgan fingerprint density at radius 1 is 1.21 bits per heavy atom. The van der Waals surface area contributed by atoms with Gasteiger partial charge in [-0.25, -0.2) is 0 Å². The molecule has 1 amide bonds. The molecule has 1 aliphatic heterocycles. The number of aliphatic hydroxyl groups excluding tert-OH is 1. The van der Waals surface area contributed by atoms with Gasteiger partial charge in [0.05, 0.1) is 24.5 Å². The first-order valence-electron chi connectivity index (χ1n) is 14.7. The van der Waals surface area contributed by atoms with Crippen LogP contribution in [0.4, 0.5) is 0 Å². The van der Waals surface area contributed by atoms with Crippen molar-refractivity contribution in [2.45, 2.75) is 65.3 Å². The Kier molecular flexibility index (Phi) is 9.63. The quantitative estimate of drug-likeness (QED) is 0.318. The van der Waals surface area contributed by atoms with Crippen LogP contribution in [0.3, 0.4) is 0 Å². The van der Waals surface area contributed by atoms with Gasteiger partial charge >= 0.3 is 5.97 Å². The summed E-state index contributed by atoms with van der Waals surface area (Å²) in [5.41, 5.74) is 2.73. The first-order chi connectivity index (χ1) is 19.9. The van der Waals surface area contributed by atoms with E-state index >= 15 is 0 Å². The molecule has 1 aromatic rings. The average Bonchev–Trinajstić information content (AvgIpc) is 2.96. The van der Waals surface area contributed by atoms with Gasteiger partial charge in [-0.05, 0) is 87.3 Å². The second kappa shape index (κ2) is 12.8. The molecular weight excluding hydrogens is 536 g/mol. The predicted molar refractivity (Wildman–Crippen MR) is 158 cm³/mol. The molecule has 0 fully saturated rings. The molecule has 0 saturated carbocycles. The molecule has 0 radical (unpaired) electrons. The van der Waals surface area contributed by atoms with Crippen LogP contribution in [0.25, 0.3) is 0 Å². The molecule has 1 unspecified atom stereocenters. The van der Waals surface area contributed by atoms with Crippen molar-refractivity contribution in [2.24, 2.45) is 23.2 Å². The van der Waals surface area contributed by atoms with Crippen molar-refractivity contribution < 1.29 is 33.7 Å². The van der Waals surface area contributed by atoms with E-state index in [1.807, 2.05) is 39.0 Å². The van der Waals surface area contributed by atoms with Crippen molar-refractivity contribution in [3.05, 3.63) is 65.4 Å². The Morgan fingerprint density at radius 2 is 1.98 bits per heavy atom. The van der Waals surface area contributed by atoms with Gasteiger partial charge in [-0.2, -0.15) is 0 Å². The Morgan fingerprint density at radius 3 is 2.67 bits per heavy atom. The molecule has 0 saturated heterocycles. The molecule has 0 spiro atoms. The highest BCUT2D eigenvalue weighted by Crippen LogP contribution is 2.58. The van der Waals surface area contributed by atoms with Crippen LogP contribution in [-0.4, -0.2) is 55.4 Å². The standard InChI is InChI=1S/C33H44N2O7/c1-20(35-18-28(38)34-14-15-36)8-7-9-23-17-24-26(37)12-13-33(40-6)30(24)29(21(23)2)25-16-22(10-11-27(25)42-33)19-41-31(39)32(3,4)5/h10-13,16-17,21,23,29-30,35-36H,1,7-9,14-15,18-19H2,2-6H3,(H,34,38)/t21-,23?,29-,30-,33-/m1/s1. The molecule has 3 N–H and O–H groups in total. The zero-order valence-corrected chi connectivity index (χ0v) is 25.3. The number of fused-ring (bicyclic) bond motifs is 2. The highest BCUT2D eigenvalue weighted by atomic mass is 16.7. The largest absolute Gasteiger partial charge is 0.460 e. The fourth-order valence-electron chi connectivity index (χ4n) is 6.17. The summed E-state index contributed by atoms with van der Waals surface area (Å²) in [6.45, 7) is 12.1. The van der Waals surface area contributed by atoms with Gasteiger partial charge in [0.1, 0.15) is 12.4 Å². The van der Waals surface area contributed by atoms with Gasteiger partial charge < -0.3 is 30.0 Å². The summed E-state index contributed by atoms with van der Waals surface area (Å²) in [5, 5.41) is 14.5. The van der Waals surface area contributed by atoms with Gasteiger partial charge in [-0.1, -0.05) is 25.6 Å². The minimum absolute atomic E-state index is 0.0307. The van der Waals surface area contributed by atoms with E-state index in [9.17, 15) is 14.4 Å².